The summed E-state index contributed by atoms with van der Waals surface area (Å²) in [7, 11) is 1.75. The molecule has 0 atom stereocenters. The maximum Gasteiger partial charge on any atom is 0.328 e. The number of carbonyl (C=O) groups excluding carboxylic acids is 1. The Morgan fingerprint density at radius 3 is 2.40 bits per heavy atom. The average Bonchev–Trinajstić information content (AvgIpc) is 3.28. The summed E-state index contributed by atoms with van der Waals surface area (Å²) in [5.41, 5.74) is 1.46. The number of aromatic nitrogens is 2. The predicted molar refractivity (Wildman–Crippen MR) is 133 cm³/mol. The minimum absolute atomic E-state index is 0.0165. The van der Waals surface area contributed by atoms with Gasteiger partial charge in [0.2, 0.25) is 0 Å². The highest BCUT2D eigenvalue weighted by Crippen LogP contribution is 2.20. The first-order valence-electron chi connectivity index (χ1n) is 11.8. The number of rotatable bonds is 10. The van der Waals surface area contributed by atoms with E-state index in [9.17, 15) is 14.4 Å². The normalized spacial score (nSPS) is 14.7. The number of hydrogen-bond acceptors (Lipinski definition) is 6. The number of methoxy groups -OCH3 is 1. The van der Waals surface area contributed by atoms with Gasteiger partial charge in [-0.2, -0.15) is 5.10 Å². The first-order valence-corrected chi connectivity index (χ1v) is 11.8. The number of aliphatic carboxylic acids is 2. The Labute approximate surface area is 205 Å². The monoisotopic (exact) mass is 488 g/mol. The van der Waals surface area contributed by atoms with Gasteiger partial charge >= 0.3 is 11.9 Å². The van der Waals surface area contributed by atoms with Gasteiger partial charge in [-0.25, -0.2) is 9.59 Å². The summed E-state index contributed by atoms with van der Waals surface area (Å²) in [5, 5.41) is 24.4. The zero-order valence-corrected chi connectivity index (χ0v) is 20.6. The van der Waals surface area contributed by atoms with Crippen molar-refractivity contribution in [2.24, 2.45) is 5.92 Å². The number of piperidine rings is 1. The number of nitrogens with zero attached hydrogens (tertiary/aromatic N) is 3. The van der Waals surface area contributed by atoms with E-state index in [0.717, 1.165) is 63.0 Å². The summed E-state index contributed by atoms with van der Waals surface area (Å²) in [6.45, 7) is 9.07. The van der Waals surface area contributed by atoms with Gasteiger partial charge in [0, 0.05) is 56.6 Å². The van der Waals surface area contributed by atoms with E-state index in [1.807, 2.05) is 29.1 Å². The van der Waals surface area contributed by atoms with E-state index in [0.29, 0.717) is 23.6 Å². The molecule has 1 aromatic carbocycles. The molecular weight excluding hydrogens is 452 g/mol. The molecule has 192 valence electrons. The summed E-state index contributed by atoms with van der Waals surface area (Å²) in [5.74, 6) is -1.98. The van der Waals surface area contributed by atoms with Gasteiger partial charge in [-0.15, -0.1) is 0 Å². The lowest BCUT2D eigenvalue weighted by Crippen LogP contribution is -2.39. The highest BCUT2D eigenvalue weighted by molar-refractivity contribution is 6.05. The van der Waals surface area contributed by atoms with Crippen molar-refractivity contribution in [3.05, 3.63) is 42.1 Å². The van der Waals surface area contributed by atoms with Gasteiger partial charge in [0.15, 0.2) is 0 Å². The molecule has 0 spiro atoms. The van der Waals surface area contributed by atoms with Crippen molar-refractivity contribution in [1.82, 2.24) is 20.0 Å². The first kappa shape index (κ1) is 28.0. The maximum absolute atomic E-state index is 12.7. The molecule has 1 aliphatic rings. The van der Waals surface area contributed by atoms with E-state index in [4.69, 9.17) is 14.9 Å². The zero-order chi connectivity index (χ0) is 25.8. The van der Waals surface area contributed by atoms with Crippen LogP contribution in [0.4, 0.5) is 0 Å². The molecule has 0 radical (unpaired) electrons. The first-order chi connectivity index (χ1) is 16.7. The number of nitrogens with one attached hydrogen (secondary N) is 1. The molecule has 1 amide bonds. The fourth-order valence-electron chi connectivity index (χ4n) is 3.83. The van der Waals surface area contributed by atoms with Crippen LogP contribution in [0.5, 0.6) is 0 Å². The van der Waals surface area contributed by atoms with E-state index < -0.39 is 11.9 Å². The van der Waals surface area contributed by atoms with Gasteiger partial charge in [-0.1, -0.05) is 12.1 Å². The number of ether oxygens (including phenoxy) is 1. The minimum Gasteiger partial charge on any atom is -0.478 e. The maximum atomic E-state index is 12.7. The fraction of sp³-hybridized carbons (Fsp3) is 0.520. The molecule has 0 saturated carbocycles. The topological polar surface area (TPSA) is 134 Å². The molecule has 10 heteroatoms. The summed E-state index contributed by atoms with van der Waals surface area (Å²) in [6.07, 6.45) is 6.49. The fourth-order valence-corrected chi connectivity index (χ4v) is 3.83. The van der Waals surface area contributed by atoms with Crippen molar-refractivity contribution in [3.8, 4) is 0 Å². The molecule has 1 saturated heterocycles. The second-order valence-electron chi connectivity index (χ2n) is 8.80. The van der Waals surface area contributed by atoms with Gasteiger partial charge < -0.3 is 25.2 Å². The summed E-state index contributed by atoms with van der Waals surface area (Å²) in [6, 6.07) is 6.09. The van der Waals surface area contributed by atoms with Gasteiger partial charge in [-0.05, 0) is 58.2 Å². The Morgan fingerprint density at radius 1 is 1.17 bits per heavy atom. The second-order valence-corrected chi connectivity index (χ2v) is 8.80. The van der Waals surface area contributed by atoms with Gasteiger partial charge in [0.1, 0.15) is 5.52 Å². The molecule has 2 heterocycles. The number of carboxylic acids is 2. The molecule has 3 rings (SSSR count). The van der Waals surface area contributed by atoms with Crippen molar-refractivity contribution in [1.29, 1.82) is 0 Å². The summed E-state index contributed by atoms with van der Waals surface area (Å²) < 4.78 is 7.04. The van der Waals surface area contributed by atoms with Crippen LogP contribution in [0, 0.1) is 5.92 Å². The van der Waals surface area contributed by atoms with Crippen LogP contribution in [0.25, 0.3) is 10.9 Å². The number of carbonyl (C=O) groups is 3. The third-order valence-electron chi connectivity index (χ3n) is 5.78. The Kier molecular flexibility index (Phi) is 11.4. The lowest BCUT2D eigenvalue weighted by molar-refractivity contribution is -0.134. The van der Waals surface area contributed by atoms with Crippen molar-refractivity contribution in [3.63, 3.8) is 0 Å². The summed E-state index contributed by atoms with van der Waals surface area (Å²) >= 11 is 0. The molecule has 0 unspecified atom stereocenters. The Balaban J connectivity index is 0.000000466. The Morgan fingerprint density at radius 2 is 1.83 bits per heavy atom. The number of hydrogen-bond donors (Lipinski definition) is 3. The SMILES string of the molecule is COCCCN1CCC(CNC(=O)c2cccc3cn(C(C)C)nc23)CC1.O=C(O)C=CC(=O)O. The molecule has 1 aromatic heterocycles. The summed E-state index contributed by atoms with van der Waals surface area (Å²) in [4.78, 5) is 34.3. The van der Waals surface area contributed by atoms with Crippen LogP contribution in [0.3, 0.4) is 0 Å². The number of fused-ring (bicyclic) bond motifs is 1. The smallest absolute Gasteiger partial charge is 0.328 e. The molecule has 1 fully saturated rings. The molecule has 0 bridgehead atoms. The van der Waals surface area contributed by atoms with Crippen molar-refractivity contribution >= 4 is 28.7 Å². The number of benzene rings is 1. The highest BCUT2D eigenvalue weighted by atomic mass is 16.5. The zero-order valence-electron chi connectivity index (χ0n) is 20.6. The predicted octanol–water partition coefficient (Wildman–Crippen LogP) is 2.81. The average molecular weight is 489 g/mol. The van der Waals surface area contributed by atoms with Crippen molar-refractivity contribution in [2.45, 2.75) is 39.2 Å². The van der Waals surface area contributed by atoms with Gasteiger partial charge in [0.05, 0.1) is 5.56 Å². The molecule has 10 nitrogen and oxygen atoms in total. The van der Waals surface area contributed by atoms with Crippen LogP contribution in [-0.4, -0.2) is 82.6 Å². The molecule has 3 N–H and O–H groups in total. The molecule has 0 aliphatic carbocycles. The van der Waals surface area contributed by atoms with Crippen LogP contribution in [0.1, 0.15) is 49.5 Å². The largest absolute Gasteiger partial charge is 0.478 e. The Bertz CT molecular complexity index is 993. The van der Waals surface area contributed by atoms with E-state index in [1.165, 1.54) is 0 Å². The molecular formula is C25H36N4O6. The van der Waals surface area contributed by atoms with Crippen LogP contribution >= 0.6 is 0 Å². The van der Waals surface area contributed by atoms with E-state index in [-0.39, 0.29) is 11.9 Å². The van der Waals surface area contributed by atoms with Crippen LogP contribution in [0.2, 0.25) is 0 Å². The van der Waals surface area contributed by atoms with E-state index >= 15 is 0 Å². The lowest BCUT2D eigenvalue weighted by Gasteiger charge is -2.31. The van der Waals surface area contributed by atoms with Crippen LogP contribution in [-0.2, 0) is 14.3 Å². The van der Waals surface area contributed by atoms with E-state index in [2.05, 4.69) is 29.2 Å². The highest BCUT2D eigenvalue weighted by Gasteiger charge is 2.20. The third kappa shape index (κ3) is 9.50. The van der Waals surface area contributed by atoms with Crippen molar-refractivity contribution in [2.75, 3.05) is 39.9 Å². The lowest BCUT2D eigenvalue weighted by atomic mass is 9.96. The third-order valence-corrected chi connectivity index (χ3v) is 5.78. The number of amides is 1. The minimum atomic E-state index is -1.26. The number of likely N-dealkylation sites (tertiary alicyclic amines) is 1. The van der Waals surface area contributed by atoms with Gasteiger partial charge in [-0.3, -0.25) is 9.48 Å². The Hall–Kier alpha value is -3.24. The molecule has 35 heavy (non-hydrogen) atoms. The number of carboxylic acid groups (broad SMARTS) is 2. The molecule has 2 aromatic rings. The van der Waals surface area contributed by atoms with Crippen molar-refractivity contribution < 1.29 is 29.3 Å². The van der Waals surface area contributed by atoms with Crippen LogP contribution in [0.15, 0.2) is 36.5 Å². The standard InChI is InChI=1S/C21H32N4O2.C4H4O4/c1-16(2)25-15-18-6-4-7-19(20(18)23-25)21(26)22-14-17-8-11-24(12-9-17)10-5-13-27-3;5-3(6)1-2-4(7)8/h4,6-7,15-17H,5,8-14H2,1-3H3,(H,22,26);1-2H,(H,5,6)(H,7,8). The van der Waals surface area contributed by atoms with Crippen LogP contribution < -0.4 is 5.32 Å². The quantitative estimate of drug-likeness (QED) is 0.343. The van der Waals surface area contributed by atoms with E-state index in [1.54, 1.807) is 7.11 Å². The molecule has 1 aliphatic heterocycles. The second kappa shape index (κ2) is 14.2. The van der Waals surface area contributed by atoms with Gasteiger partial charge in [0.25, 0.3) is 5.91 Å².